The van der Waals surface area contributed by atoms with Crippen LogP contribution in [0.25, 0.3) is 0 Å². The van der Waals surface area contributed by atoms with Crippen molar-refractivity contribution in [2.24, 2.45) is 0 Å². The largest absolute Gasteiger partial charge is 0.327 e. The summed E-state index contributed by atoms with van der Waals surface area (Å²) in [6.07, 6.45) is 3.76. The third-order valence-electron chi connectivity index (χ3n) is 6.70. The van der Waals surface area contributed by atoms with Gasteiger partial charge in [0.05, 0.1) is 10.3 Å². The number of sulfonamides is 1. The summed E-state index contributed by atoms with van der Waals surface area (Å²) in [7, 11) is -4.07. The van der Waals surface area contributed by atoms with Gasteiger partial charge in [-0.25, -0.2) is 13.1 Å². The van der Waals surface area contributed by atoms with E-state index in [4.69, 9.17) is 11.6 Å². The second-order valence-electron chi connectivity index (χ2n) is 8.52. The van der Waals surface area contributed by atoms with Crippen molar-refractivity contribution >= 4 is 33.4 Å². The average molecular weight is 461 g/mol. The molecule has 1 aliphatic heterocycles. The van der Waals surface area contributed by atoms with Crippen molar-refractivity contribution in [2.45, 2.75) is 54.9 Å². The van der Waals surface area contributed by atoms with Gasteiger partial charge >= 0.3 is 0 Å². The van der Waals surface area contributed by atoms with Crippen molar-refractivity contribution in [3.05, 3.63) is 65.2 Å². The average Bonchev–Trinajstić information content (AvgIpc) is 3.24. The Balaban J connectivity index is 1.58. The van der Waals surface area contributed by atoms with Gasteiger partial charge in [-0.05, 0) is 56.0 Å². The highest BCUT2D eigenvalue weighted by molar-refractivity contribution is 7.90. The van der Waals surface area contributed by atoms with Gasteiger partial charge in [-0.1, -0.05) is 54.8 Å². The molecule has 2 aromatic carbocycles. The van der Waals surface area contributed by atoms with Gasteiger partial charge in [-0.3, -0.25) is 9.59 Å². The van der Waals surface area contributed by atoms with E-state index in [0.717, 1.165) is 31.2 Å². The molecule has 1 N–H and O–H groups in total. The first kappa shape index (κ1) is 21.8. The Bertz CT molecular complexity index is 1100. The molecule has 2 amide bonds. The number of hydrogen-bond donors (Lipinski definition) is 1. The number of nitrogens with zero attached hydrogens (tertiary/aromatic N) is 1. The molecule has 0 spiro atoms. The fraction of sp³-hybridized carbons (Fsp3) is 0.391. The van der Waals surface area contributed by atoms with Crippen LogP contribution in [0.3, 0.4) is 0 Å². The summed E-state index contributed by atoms with van der Waals surface area (Å²) in [6.45, 7) is 2.06. The number of hydrogen-bond acceptors (Lipinski definition) is 4. The van der Waals surface area contributed by atoms with E-state index in [1.165, 1.54) is 24.3 Å². The number of benzene rings is 2. The maximum atomic E-state index is 13.7. The lowest BCUT2D eigenvalue weighted by atomic mass is 9.74. The van der Waals surface area contributed by atoms with E-state index in [1.807, 2.05) is 30.3 Å². The molecule has 1 heterocycles. The highest BCUT2D eigenvalue weighted by Gasteiger charge is 2.56. The first-order chi connectivity index (χ1) is 14.7. The fourth-order valence-electron chi connectivity index (χ4n) is 4.65. The van der Waals surface area contributed by atoms with E-state index in [1.54, 1.807) is 11.8 Å². The van der Waals surface area contributed by atoms with Crippen molar-refractivity contribution < 1.29 is 18.0 Å². The van der Waals surface area contributed by atoms with Gasteiger partial charge in [-0.15, -0.1) is 0 Å². The molecule has 1 unspecified atom stereocenters. The molecule has 164 valence electrons. The third kappa shape index (κ3) is 3.74. The SMILES string of the molecule is CC1(C(=O)NS(=O)(=O)c2ccc(Cl)cc2)CCN1C(=O)C1(c2ccccc2)CCCC1. The van der Waals surface area contributed by atoms with E-state index < -0.39 is 26.9 Å². The predicted molar refractivity (Wildman–Crippen MR) is 118 cm³/mol. The maximum Gasteiger partial charge on any atom is 0.264 e. The van der Waals surface area contributed by atoms with Gasteiger partial charge < -0.3 is 4.90 Å². The Morgan fingerprint density at radius 1 is 0.968 bits per heavy atom. The van der Waals surface area contributed by atoms with Crippen LogP contribution < -0.4 is 4.72 Å². The van der Waals surface area contributed by atoms with Crippen molar-refractivity contribution in [3.63, 3.8) is 0 Å². The van der Waals surface area contributed by atoms with Crippen LogP contribution in [0.5, 0.6) is 0 Å². The van der Waals surface area contributed by atoms with Crippen LogP contribution in [-0.2, 0) is 25.0 Å². The number of carbonyl (C=O) groups is 2. The van der Waals surface area contributed by atoms with E-state index in [2.05, 4.69) is 4.72 Å². The molecule has 2 aliphatic rings. The zero-order valence-corrected chi connectivity index (χ0v) is 18.9. The topological polar surface area (TPSA) is 83.6 Å². The first-order valence-corrected chi connectivity index (χ1v) is 12.3. The predicted octanol–water partition coefficient (Wildman–Crippen LogP) is 3.65. The highest BCUT2D eigenvalue weighted by Crippen LogP contribution is 2.46. The molecule has 2 fully saturated rings. The minimum atomic E-state index is -4.07. The molecule has 0 radical (unpaired) electrons. The van der Waals surface area contributed by atoms with Gasteiger partial charge in [-0.2, -0.15) is 0 Å². The first-order valence-electron chi connectivity index (χ1n) is 10.4. The van der Waals surface area contributed by atoms with Crippen molar-refractivity contribution in [1.29, 1.82) is 0 Å². The molecule has 8 heteroatoms. The highest BCUT2D eigenvalue weighted by atomic mass is 35.5. The van der Waals surface area contributed by atoms with Crippen LogP contribution in [0.15, 0.2) is 59.5 Å². The molecule has 0 aromatic heterocycles. The Kier molecular flexibility index (Phi) is 5.60. The summed E-state index contributed by atoms with van der Waals surface area (Å²) in [6, 6.07) is 15.3. The lowest BCUT2D eigenvalue weighted by Crippen LogP contribution is -2.70. The molecule has 1 saturated carbocycles. The van der Waals surface area contributed by atoms with Gasteiger partial charge in [0.15, 0.2) is 0 Å². The minimum absolute atomic E-state index is 0.0531. The summed E-state index contributed by atoms with van der Waals surface area (Å²) >= 11 is 5.83. The van der Waals surface area contributed by atoms with Gasteiger partial charge in [0.1, 0.15) is 5.54 Å². The van der Waals surface area contributed by atoms with Gasteiger partial charge in [0.2, 0.25) is 5.91 Å². The molecule has 4 rings (SSSR count). The molecule has 31 heavy (non-hydrogen) atoms. The number of amides is 2. The van der Waals surface area contributed by atoms with Crippen molar-refractivity contribution in [1.82, 2.24) is 9.62 Å². The molecule has 1 atom stereocenters. The van der Waals surface area contributed by atoms with Crippen LogP contribution in [0.4, 0.5) is 0 Å². The smallest absolute Gasteiger partial charge is 0.264 e. The summed E-state index contributed by atoms with van der Waals surface area (Å²) in [5.74, 6) is -0.785. The van der Waals surface area contributed by atoms with E-state index in [9.17, 15) is 18.0 Å². The zero-order chi connectivity index (χ0) is 22.3. The molecule has 1 aliphatic carbocycles. The maximum absolute atomic E-state index is 13.7. The van der Waals surface area contributed by atoms with Crippen LogP contribution in [0.1, 0.15) is 44.6 Å². The molecule has 0 bridgehead atoms. The summed E-state index contributed by atoms with van der Waals surface area (Å²) < 4.78 is 27.5. The van der Waals surface area contributed by atoms with Crippen LogP contribution >= 0.6 is 11.6 Å². The third-order valence-corrected chi connectivity index (χ3v) is 8.30. The van der Waals surface area contributed by atoms with E-state index in [-0.39, 0.29) is 10.8 Å². The van der Waals surface area contributed by atoms with Crippen molar-refractivity contribution in [3.8, 4) is 0 Å². The fourth-order valence-corrected chi connectivity index (χ4v) is 5.85. The zero-order valence-electron chi connectivity index (χ0n) is 17.3. The Morgan fingerprint density at radius 2 is 1.58 bits per heavy atom. The number of rotatable bonds is 5. The monoisotopic (exact) mass is 460 g/mol. The normalized spacial score (nSPS) is 22.6. The Hall–Kier alpha value is -2.38. The standard InChI is InChI=1S/C23H25ClN2O4S/c1-22(20(27)25-31(29,30)19-11-9-18(24)10-12-19)15-16-26(22)21(28)23(13-5-6-14-23)17-7-3-2-4-8-17/h2-4,7-12H,5-6,13-16H2,1H3,(H,25,27). The number of halogens is 1. The van der Waals surface area contributed by atoms with Crippen molar-refractivity contribution in [2.75, 3.05) is 6.54 Å². The van der Waals surface area contributed by atoms with E-state index >= 15 is 0 Å². The summed E-state index contributed by atoms with van der Waals surface area (Å²) in [5, 5.41) is 0.399. The molecule has 1 saturated heterocycles. The second-order valence-corrected chi connectivity index (χ2v) is 10.6. The number of carbonyl (C=O) groups excluding carboxylic acids is 2. The minimum Gasteiger partial charge on any atom is -0.327 e. The second kappa shape index (κ2) is 7.95. The Morgan fingerprint density at radius 3 is 2.13 bits per heavy atom. The lowest BCUT2D eigenvalue weighted by molar-refractivity contribution is -0.161. The van der Waals surface area contributed by atoms with Gasteiger partial charge in [0, 0.05) is 11.6 Å². The quantitative estimate of drug-likeness (QED) is 0.738. The van der Waals surface area contributed by atoms with Crippen LogP contribution in [0, 0.1) is 0 Å². The molecular formula is C23H25ClN2O4S. The van der Waals surface area contributed by atoms with E-state index in [0.29, 0.717) is 18.0 Å². The summed E-state index contributed by atoms with van der Waals surface area (Å²) in [5.41, 5.74) is -0.903. The number of nitrogens with one attached hydrogen (secondary N) is 1. The Labute approximate surface area is 187 Å². The molecule has 6 nitrogen and oxygen atoms in total. The van der Waals surface area contributed by atoms with Gasteiger partial charge in [0.25, 0.3) is 15.9 Å². The van der Waals surface area contributed by atoms with Crippen LogP contribution in [0.2, 0.25) is 5.02 Å². The lowest BCUT2D eigenvalue weighted by Gasteiger charge is -2.52. The molecule has 2 aromatic rings. The number of likely N-dealkylation sites (tertiary alicyclic amines) is 1. The summed E-state index contributed by atoms with van der Waals surface area (Å²) in [4.78, 5) is 28.3. The van der Waals surface area contributed by atoms with Crippen LogP contribution in [-0.4, -0.2) is 37.2 Å². The molecular weight excluding hydrogens is 436 g/mol.